The zero-order chi connectivity index (χ0) is 8.10. The molecular weight excluding hydrogens is 140 g/mol. The molecule has 0 aliphatic heterocycles. The zero-order valence-electron chi connectivity index (χ0n) is 6.97. The van der Waals surface area contributed by atoms with E-state index >= 15 is 0 Å². The van der Waals surface area contributed by atoms with E-state index in [1.807, 2.05) is 6.92 Å². The van der Waals surface area contributed by atoms with Gasteiger partial charge in [0.1, 0.15) is 0 Å². The largest absolute Gasteiger partial charge is 0.509 e. The number of esters is 1. The molecule has 0 heterocycles. The van der Waals surface area contributed by atoms with E-state index in [1.165, 1.54) is 18.4 Å². The SMILES string of the molecule is CCOC(=[OH+])C=C1CCCC1. The first kappa shape index (κ1) is 8.31. The van der Waals surface area contributed by atoms with Gasteiger partial charge in [0.25, 0.3) is 0 Å². The first-order chi connectivity index (χ1) is 5.33. The van der Waals surface area contributed by atoms with Crippen molar-refractivity contribution in [3.63, 3.8) is 0 Å². The third kappa shape index (κ3) is 2.74. The minimum atomic E-state index is 0.0735. The molecule has 2 heteroatoms. The van der Waals surface area contributed by atoms with Crippen LogP contribution < -0.4 is 0 Å². The normalized spacial score (nSPS) is 16.6. The van der Waals surface area contributed by atoms with Crippen molar-refractivity contribution in [1.82, 2.24) is 0 Å². The van der Waals surface area contributed by atoms with Gasteiger partial charge in [-0.2, -0.15) is 0 Å². The van der Waals surface area contributed by atoms with Gasteiger partial charge >= 0.3 is 5.97 Å². The minimum absolute atomic E-state index is 0.0735. The Hall–Kier alpha value is -0.790. The van der Waals surface area contributed by atoms with Crippen LogP contribution in [0.2, 0.25) is 0 Å². The Bertz CT molecular complexity index is 162. The summed E-state index contributed by atoms with van der Waals surface area (Å²) in [4.78, 5) is 9.13. The third-order valence-corrected chi connectivity index (χ3v) is 1.87. The van der Waals surface area contributed by atoms with E-state index in [0.29, 0.717) is 6.61 Å². The lowest BCUT2D eigenvalue weighted by Crippen LogP contribution is -2.00. The first-order valence-electron chi connectivity index (χ1n) is 4.21. The second-order valence-electron chi connectivity index (χ2n) is 2.78. The van der Waals surface area contributed by atoms with Gasteiger partial charge in [-0.15, -0.1) is 0 Å². The van der Waals surface area contributed by atoms with E-state index in [4.69, 9.17) is 9.53 Å². The number of carbonyl (C=O) groups excluding carboxylic acids is 1. The minimum Gasteiger partial charge on any atom is -0.335 e. The maximum atomic E-state index is 9.13. The molecule has 0 saturated heterocycles. The molecule has 0 atom stereocenters. The third-order valence-electron chi connectivity index (χ3n) is 1.87. The standard InChI is InChI=1S/C9H14O2/c1-2-11-9(10)7-8-5-3-4-6-8/h7H,2-6H2,1H3/p+1. The predicted molar refractivity (Wildman–Crippen MR) is 45.1 cm³/mol. The molecule has 62 valence electrons. The molecule has 2 nitrogen and oxygen atoms in total. The molecule has 0 bridgehead atoms. The molecule has 1 N–H and O–H groups in total. The number of hydrogen-bond acceptors (Lipinski definition) is 1. The summed E-state index contributed by atoms with van der Waals surface area (Å²) in [5.41, 5.74) is 1.32. The summed E-state index contributed by atoms with van der Waals surface area (Å²) < 4.78 is 4.90. The smallest absolute Gasteiger partial charge is 0.335 e. The number of rotatable bonds is 2. The summed E-state index contributed by atoms with van der Waals surface area (Å²) in [5.74, 6) is 0.0735. The summed E-state index contributed by atoms with van der Waals surface area (Å²) >= 11 is 0. The van der Waals surface area contributed by atoms with E-state index in [0.717, 1.165) is 12.8 Å². The molecule has 1 fully saturated rings. The van der Waals surface area contributed by atoms with Crippen LogP contribution in [0.25, 0.3) is 0 Å². The highest BCUT2D eigenvalue weighted by Gasteiger charge is 2.12. The molecule has 1 aliphatic rings. The molecule has 0 aromatic rings. The quantitative estimate of drug-likeness (QED) is 0.341. The van der Waals surface area contributed by atoms with Gasteiger partial charge in [-0.3, -0.25) is 0 Å². The van der Waals surface area contributed by atoms with Crippen molar-refractivity contribution in [3.05, 3.63) is 11.6 Å². The van der Waals surface area contributed by atoms with Crippen molar-refractivity contribution >= 4 is 5.97 Å². The predicted octanol–water partition coefficient (Wildman–Crippen LogP) is 2.03. The summed E-state index contributed by atoms with van der Waals surface area (Å²) in [6.45, 7) is 2.40. The van der Waals surface area contributed by atoms with Gasteiger partial charge < -0.3 is 9.53 Å². The maximum Gasteiger partial charge on any atom is 0.509 e. The Kier molecular flexibility index (Phi) is 3.14. The van der Waals surface area contributed by atoms with Crippen molar-refractivity contribution in [1.29, 1.82) is 0 Å². The zero-order valence-corrected chi connectivity index (χ0v) is 6.97. The van der Waals surface area contributed by atoms with Crippen LogP contribution in [-0.2, 0) is 4.74 Å². The summed E-state index contributed by atoms with van der Waals surface area (Å²) in [5, 5.41) is 0. The molecule has 1 aliphatic carbocycles. The Balaban J connectivity index is 2.36. The highest BCUT2D eigenvalue weighted by molar-refractivity contribution is 5.83. The molecule has 0 spiro atoms. The molecular formula is C9H15O2+. The van der Waals surface area contributed by atoms with Crippen molar-refractivity contribution < 1.29 is 9.53 Å². The summed E-state index contributed by atoms with van der Waals surface area (Å²) in [6.07, 6.45) is 6.52. The Labute approximate surface area is 67.2 Å². The Morgan fingerprint density at radius 1 is 1.55 bits per heavy atom. The van der Waals surface area contributed by atoms with E-state index in [1.54, 1.807) is 6.08 Å². The van der Waals surface area contributed by atoms with Crippen molar-refractivity contribution in [2.75, 3.05) is 6.61 Å². The van der Waals surface area contributed by atoms with Crippen molar-refractivity contribution in [2.45, 2.75) is 32.6 Å². The van der Waals surface area contributed by atoms with Gasteiger partial charge in [0.05, 0.1) is 6.08 Å². The molecule has 0 aromatic heterocycles. The summed E-state index contributed by atoms with van der Waals surface area (Å²) in [7, 11) is 0. The highest BCUT2D eigenvalue weighted by Crippen LogP contribution is 2.23. The Morgan fingerprint density at radius 3 is 2.73 bits per heavy atom. The fourth-order valence-electron chi connectivity index (χ4n) is 1.34. The van der Waals surface area contributed by atoms with E-state index in [-0.39, 0.29) is 5.97 Å². The Morgan fingerprint density at radius 2 is 2.18 bits per heavy atom. The van der Waals surface area contributed by atoms with Crippen LogP contribution >= 0.6 is 0 Å². The average molecular weight is 155 g/mol. The molecule has 0 unspecified atom stereocenters. The van der Waals surface area contributed by atoms with Crippen molar-refractivity contribution in [2.24, 2.45) is 0 Å². The van der Waals surface area contributed by atoms with Crippen LogP contribution in [0, 0.1) is 0 Å². The van der Waals surface area contributed by atoms with Gasteiger partial charge in [0.15, 0.2) is 6.61 Å². The lowest BCUT2D eigenvalue weighted by Gasteiger charge is -1.89. The van der Waals surface area contributed by atoms with Gasteiger partial charge in [-0.1, -0.05) is 5.57 Å². The fourth-order valence-corrected chi connectivity index (χ4v) is 1.34. The van der Waals surface area contributed by atoms with E-state index in [9.17, 15) is 0 Å². The number of ether oxygens (including phenoxy) is 1. The van der Waals surface area contributed by atoms with Crippen LogP contribution in [0.5, 0.6) is 0 Å². The average Bonchev–Trinajstić information content (AvgIpc) is 2.40. The molecule has 0 amide bonds. The fraction of sp³-hybridized carbons (Fsp3) is 0.667. The van der Waals surface area contributed by atoms with Gasteiger partial charge in [0, 0.05) is 0 Å². The number of hydrogen-bond donors (Lipinski definition) is 0. The molecule has 0 aromatic carbocycles. The van der Waals surface area contributed by atoms with Crippen LogP contribution in [-0.4, -0.2) is 17.4 Å². The molecule has 1 saturated carbocycles. The second kappa shape index (κ2) is 4.16. The number of allylic oxidation sites excluding steroid dienone is 1. The lowest BCUT2D eigenvalue weighted by atomic mass is 10.2. The van der Waals surface area contributed by atoms with Gasteiger partial charge in [0.2, 0.25) is 0 Å². The highest BCUT2D eigenvalue weighted by atomic mass is 16.5. The van der Waals surface area contributed by atoms with Gasteiger partial charge in [-0.05, 0) is 32.6 Å². The molecule has 0 radical (unpaired) electrons. The maximum absolute atomic E-state index is 9.13. The second-order valence-corrected chi connectivity index (χ2v) is 2.78. The van der Waals surface area contributed by atoms with Crippen LogP contribution in [0.1, 0.15) is 32.6 Å². The topological polar surface area (TPSA) is 30.6 Å². The van der Waals surface area contributed by atoms with Crippen LogP contribution in [0.15, 0.2) is 11.6 Å². The molecule has 1 rings (SSSR count). The van der Waals surface area contributed by atoms with Crippen molar-refractivity contribution in [3.8, 4) is 0 Å². The van der Waals surface area contributed by atoms with Crippen LogP contribution in [0.3, 0.4) is 0 Å². The lowest BCUT2D eigenvalue weighted by molar-refractivity contribution is 0.296. The van der Waals surface area contributed by atoms with Gasteiger partial charge in [-0.25, -0.2) is 0 Å². The monoisotopic (exact) mass is 155 g/mol. The first-order valence-corrected chi connectivity index (χ1v) is 4.21. The molecule has 11 heavy (non-hydrogen) atoms. The summed E-state index contributed by atoms with van der Waals surface area (Å²) in [6, 6.07) is 0. The van der Waals surface area contributed by atoms with E-state index in [2.05, 4.69) is 0 Å². The van der Waals surface area contributed by atoms with Crippen LogP contribution in [0.4, 0.5) is 0 Å². The van der Waals surface area contributed by atoms with E-state index < -0.39 is 0 Å².